The minimum Gasteiger partial charge on any atom is -0.497 e. The highest BCUT2D eigenvalue weighted by atomic mass is 31.2. The van der Waals surface area contributed by atoms with Gasteiger partial charge in [0, 0.05) is 24.6 Å². The van der Waals surface area contributed by atoms with Gasteiger partial charge in [-0.2, -0.15) is 10.2 Å². The second-order valence-electron chi connectivity index (χ2n) is 21.0. The summed E-state index contributed by atoms with van der Waals surface area (Å²) in [6.07, 6.45) is 13.8. The molecule has 1 aliphatic heterocycles. The maximum Gasteiger partial charge on any atom is 0.409 e. The summed E-state index contributed by atoms with van der Waals surface area (Å²) in [4.78, 5) is 38.5. The number of nitrogens with zero attached hydrogens (tertiary/aromatic N) is 5. The largest absolute Gasteiger partial charge is 0.497 e. The van der Waals surface area contributed by atoms with E-state index in [9.17, 15) is 14.9 Å². The molecule has 0 bridgehead atoms. The van der Waals surface area contributed by atoms with E-state index in [1.54, 1.807) is 37.3 Å². The Morgan fingerprint density at radius 3 is 1.83 bits per heavy atom. The lowest BCUT2D eigenvalue weighted by Gasteiger charge is -2.39. The molecule has 1 aliphatic rings. The summed E-state index contributed by atoms with van der Waals surface area (Å²) in [5, 5.41) is 12.4. The molecule has 0 radical (unpaired) electrons. The van der Waals surface area contributed by atoms with E-state index in [0.29, 0.717) is 11.5 Å². The van der Waals surface area contributed by atoms with Crippen LogP contribution in [0.2, 0.25) is 0 Å². The first-order valence-corrected chi connectivity index (χ1v) is 29.8. The predicted molar refractivity (Wildman–Crippen MR) is 305 cm³/mol. The lowest BCUT2D eigenvalue weighted by molar-refractivity contribution is -0.118. The highest BCUT2D eigenvalue weighted by Crippen LogP contribution is 2.58. The van der Waals surface area contributed by atoms with E-state index in [-0.39, 0.29) is 61.3 Å². The fraction of sp³-hybridized carbons (Fsp3) is 0.583. The first-order valence-electron chi connectivity index (χ1n) is 28.3. The van der Waals surface area contributed by atoms with Crippen LogP contribution in [0.15, 0.2) is 90.0 Å². The van der Waals surface area contributed by atoms with E-state index in [0.717, 1.165) is 42.4 Å². The maximum atomic E-state index is 15.8. The van der Waals surface area contributed by atoms with E-state index in [2.05, 4.69) is 28.3 Å². The Balaban J connectivity index is 1.42. The Morgan fingerprint density at radius 1 is 0.782 bits per heavy atom. The molecular formula is C60H86N7O10P. The van der Waals surface area contributed by atoms with E-state index in [1.807, 2.05) is 107 Å². The molecule has 5 atom stereocenters. The number of carbonyl (C=O) groups excluding carboxylic acids is 1. The van der Waals surface area contributed by atoms with Crippen LogP contribution in [0.1, 0.15) is 168 Å². The van der Waals surface area contributed by atoms with Crippen molar-refractivity contribution < 1.29 is 42.1 Å². The zero-order valence-electron chi connectivity index (χ0n) is 47.6. The Morgan fingerprint density at radius 2 is 1.32 bits per heavy atom. The van der Waals surface area contributed by atoms with Crippen molar-refractivity contribution >= 4 is 30.8 Å². The zero-order chi connectivity index (χ0) is 56.1. The van der Waals surface area contributed by atoms with Crippen LogP contribution in [0.3, 0.4) is 0 Å². The van der Waals surface area contributed by atoms with Crippen LogP contribution in [0.25, 0.3) is 11.2 Å². The van der Waals surface area contributed by atoms with Gasteiger partial charge in [-0.05, 0) is 75.1 Å². The average molecular weight is 1100 g/mol. The molecule has 0 aliphatic carbocycles. The number of nitriles is 1. The van der Waals surface area contributed by atoms with Gasteiger partial charge in [0.1, 0.15) is 35.4 Å². The molecule has 1 saturated heterocycles. The Labute approximate surface area is 462 Å². The molecule has 3 aromatic carbocycles. The van der Waals surface area contributed by atoms with Crippen molar-refractivity contribution in [3.63, 3.8) is 0 Å². The molecule has 2 aromatic heterocycles. The molecule has 426 valence electrons. The molecule has 1 fully saturated rings. The normalized spacial score (nSPS) is 17.5. The predicted octanol–water partition coefficient (Wildman–Crippen LogP) is 13.0. The maximum absolute atomic E-state index is 15.8. The zero-order valence-corrected chi connectivity index (χ0v) is 48.5. The summed E-state index contributed by atoms with van der Waals surface area (Å²) >= 11 is 0. The number of hydrogen-bond donors (Lipinski definition) is 2. The molecule has 6 rings (SSSR count). The number of methoxy groups -OCH3 is 2. The van der Waals surface area contributed by atoms with Crippen LogP contribution in [0.4, 0.5) is 5.95 Å². The minimum absolute atomic E-state index is 0.00226. The number of unbranched alkanes of at least 4 members (excludes halogenated alkanes) is 13. The average Bonchev–Trinajstić information content (AvgIpc) is 4.19. The van der Waals surface area contributed by atoms with Crippen molar-refractivity contribution in [1.82, 2.24) is 24.2 Å². The lowest BCUT2D eigenvalue weighted by Crippen LogP contribution is -2.44. The number of H-pyrrole nitrogens is 1. The molecule has 18 heteroatoms. The summed E-state index contributed by atoms with van der Waals surface area (Å²) in [6.45, 7) is 13.3. The number of hydrogen-bond acceptors (Lipinski definition) is 13. The molecule has 0 saturated carbocycles. The van der Waals surface area contributed by atoms with Gasteiger partial charge in [-0.15, -0.1) is 0 Å². The van der Waals surface area contributed by atoms with Crippen LogP contribution < -0.4 is 20.3 Å². The number of ether oxygens (including phenoxy) is 5. The van der Waals surface area contributed by atoms with Gasteiger partial charge in [0.05, 0.1) is 46.3 Å². The number of aromatic nitrogens is 4. The van der Waals surface area contributed by atoms with Crippen molar-refractivity contribution in [3.05, 3.63) is 112 Å². The number of fused-ring (bicyclic) bond motifs is 1. The number of amides is 1. The number of nitrogens with one attached hydrogen (secondary N) is 2. The first-order chi connectivity index (χ1) is 37.7. The number of benzene rings is 3. The topological polar surface area (TPSA) is 201 Å². The van der Waals surface area contributed by atoms with Gasteiger partial charge < -0.3 is 23.7 Å². The molecule has 17 nitrogen and oxygen atoms in total. The van der Waals surface area contributed by atoms with Gasteiger partial charge in [0.15, 0.2) is 17.4 Å². The fourth-order valence-electron chi connectivity index (χ4n) is 10.3. The smallest absolute Gasteiger partial charge is 0.409 e. The molecular weight excluding hydrogens is 1010 g/mol. The third-order valence-electron chi connectivity index (χ3n) is 14.3. The third kappa shape index (κ3) is 16.1. The quantitative estimate of drug-likeness (QED) is 0.0220. The molecule has 3 heterocycles. The summed E-state index contributed by atoms with van der Waals surface area (Å²) < 4.78 is 65.4. The van der Waals surface area contributed by atoms with E-state index < -0.39 is 49.4 Å². The van der Waals surface area contributed by atoms with Crippen molar-refractivity contribution in [2.24, 2.45) is 5.92 Å². The standard InChI is InChI=1S/C60H86N7O10P/c1-10-11-12-13-14-15-16-17-18-19-20-21-22-26-39-73-54-53(77-78(70,75-40-27-38-61)67(44(4)5)45(6)7)51(76-58(54)66-42-62-52-55(66)63-59(65-57(52)69)64-56(68)43(2)3)41-74-60(46-28-24-23-25-29-46,47-30-34-49(71-8)35-31-47)48-32-36-50(72-9)37-33-48/h23-25,28-37,42-45,51,53-54,58H,10-22,26-27,39-41H2,1-9H3,(H2,63,64,65,68,69)/t51-,53-,54-,58-,78?/m1/s1. The van der Waals surface area contributed by atoms with E-state index in [4.69, 9.17) is 37.7 Å². The summed E-state index contributed by atoms with van der Waals surface area (Å²) in [5.74, 6) is 0.502. The van der Waals surface area contributed by atoms with Crippen molar-refractivity contribution in [1.29, 1.82) is 5.26 Å². The first kappa shape index (κ1) is 61.8. The van der Waals surface area contributed by atoms with Gasteiger partial charge >= 0.3 is 7.75 Å². The lowest BCUT2D eigenvalue weighted by atomic mass is 9.80. The molecule has 5 aromatic rings. The monoisotopic (exact) mass is 1100 g/mol. The van der Waals surface area contributed by atoms with Crippen LogP contribution in [-0.2, 0) is 38.2 Å². The molecule has 1 unspecified atom stereocenters. The second kappa shape index (κ2) is 30.8. The summed E-state index contributed by atoms with van der Waals surface area (Å²) in [6, 6.07) is 26.7. The van der Waals surface area contributed by atoms with Gasteiger partial charge in [0.25, 0.3) is 5.56 Å². The number of imidazole rings is 1. The Bertz CT molecular complexity index is 2670. The van der Waals surface area contributed by atoms with Gasteiger partial charge in [0.2, 0.25) is 11.9 Å². The van der Waals surface area contributed by atoms with Crippen LogP contribution in [-0.4, -0.2) is 94.5 Å². The minimum atomic E-state index is -4.32. The van der Waals surface area contributed by atoms with Crippen molar-refractivity contribution in [2.75, 3.05) is 39.4 Å². The molecule has 0 spiro atoms. The number of carbonyl (C=O) groups is 1. The molecule has 78 heavy (non-hydrogen) atoms. The molecule has 1 amide bonds. The van der Waals surface area contributed by atoms with Gasteiger partial charge in [-0.1, -0.05) is 159 Å². The number of rotatable bonds is 35. The van der Waals surface area contributed by atoms with Gasteiger partial charge in [-0.25, -0.2) is 14.2 Å². The van der Waals surface area contributed by atoms with Crippen molar-refractivity contribution in [3.8, 4) is 17.6 Å². The molecule has 2 N–H and O–H groups in total. The Hall–Kier alpha value is -5.44. The third-order valence-corrected chi connectivity index (χ3v) is 16.8. The highest BCUT2D eigenvalue weighted by Gasteiger charge is 2.54. The number of anilines is 1. The van der Waals surface area contributed by atoms with Crippen LogP contribution in [0, 0.1) is 17.2 Å². The number of aromatic amines is 1. The van der Waals surface area contributed by atoms with Crippen molar-refractivity contribution in [2.45, 2.75) is 187 Å². The van der Waals surface area contributed by atoms with E-state index in [1.165, 1.54) is 70.5 Å². The highest BCUT2D eigenvalue weighted by molar-refractivity contribution is 7.51. The second-order valence-corrected chi connectivity index (χ2v) is 22.9. The fourth-order valence-corrected chi connectivity index (χ4v) is 12.6. The Kier molecular flexibility index (Phi) is 24.4. The summed E-state index contributed by atoms with van der Waals surface area (Å²) in [7, 11) is -1.09. The van der Waals surface area contributed by atoms with Crippen LogP contribution in [0.5, 0.6) is 11.5 Å². The SMILES string of the molecule is CCCCCCCCCCCCCCCCO[C@@H]1[C@H](OP(=O)(OCCC#N)N(C(C)C)C(C)C)[C@@H](COC(c2ccccc2)(c2ccc(OC)cc2)c2ccc(OC)cc2)O[C@H]1n1cnc2c(=O)[nH]c(NC(=O)C(C)C)nc21. The van der Waals surface area contributed by atoms with E-state index >= 15 is 4.57 Å². The summed E-state index contributed by atoms with van der Waals surface area (Å²) in [5.41, 5.74) is 0.585. The van der Waals surface area contributed by atoms with Crippen LogP contribution >= 0.6 is 7.75 Å². The van der Waals surface area contributed by atoms with Gasteiger partial charge in [-0.3, -0.25) is 33.5 Å².